The smallest absolute Gasteiger partial charge is 0.246 e. The van der Waals surface area contributed by atoms with E-state index in [9.17, 15) is 9.59 Å². The zero-order chi connectivity index (χ0) is 14.7. The summed E-state index contributed by atoms with van der Waals surface area (Å²) in [5, 5.41) is 0.853. The highest BCUT2D eigenvalue weighted by atomic mass is 35.5. The number of hydrogen-bond acceptors (Lipinski definition) is 2. The normalized spacial score (nSPS) is 18.7. The van der Waals surface area contributed by atoms with E-state index in [1.165, 1.54) is 6.08 Å². The van der Waals surface area contributed by atoms with Crippen LogP contribution >= 0.6 is 23.2 Å². The molecule has 2 N–H and O–H groups in total. The zero-order valence-electron chi connectivity index (χ0n) is 10.7. The highest BCUT2D eigenvalue weighted by Gasteiger charge is 2.28. The Hall–Kier alpha value is -1.52. The monoisotopic (exact) mass is 312 g/mol. The number of amides is 2. The Morgan fingerprint density at radius 1 is 1.35 bits per heavy atom. The van der Waals surface area contributed by atoms with Crippen LogP contribution in [0.3, 0.4) is 0 Å². The van der Waals surface area contributed by atoms with Crippen LogP contribution in [0.1, 0.15) is 12.0 Å². The van der Waals surface area contributed by atoms with E-state index in [-0.39, 0.29) is 17.7 Å². The van der Waals surface area contributed by atoms with Crippen LogP contribution in [0.25, 0.3) is 6.08 Å². The molecular weight excluding hydrogens is 299 g/mol. The summed E-state index contributed by atoms with van der Waals surface area (Å²) in [6, 6.07) is 5.21. The Morgan fingerprint density at radius 3 is 2.75 bits per heavy atom. The number of benzene rings is 1. The summed E-state index contributed by atoms with van der Waals surface area (Å²) in [4.78, 5) is 24.7. The summed E-state index contributed by atoms with van der Waals surface area (Å²) in [7, 11) is 0. The topological polar surface area (TPSA) is 63.4 Å². The Kier molecular flexibility index (Phi) is 4.68. The van der Waals surface area contributed by atoms with E-state index in [0.29, 0.717) is 35.1 Å². The van der Waals surface area contributed by atoms with Crippen LogP contribution < -0.4 is 5.73 Å². The number of nitrogens with two attached hydrogens (primary N) is 1. The summed E-state index contributed by atoms with van der Waals surface area (Å²) in [5.74, 6) is -0.769. The largest absolute Gasteiger partial charge is 0.369 e. The van der Waals surface area contributed by atoms with Crippen molar-refractivity contribution < 1.29 is 9.59 Å². The number of halogens is 2. The molecule has 0 unspecified atom stereocenters. The first-order valence-corrected chi connectivity index (χ1v) is 6.95. The minimum Gasteiger partial charge on any atom is -0.369 e. The predicted octanol–water partition coefficient (Wildman–Crippen LogP) is 2.34. The van der Waals surface area contributed by atoms with Crippen molar-refractivity contribution in [1.29, 1.82) is 0 Å². The third kappa shape index (κ3) is 3.32. The fourth-order valence-electron chi connectivity index (χ4n) is 2.11. The number of hydrogen-bond donors (Lipinski definition) is 1. The van der Waals surface area contributed by atoms with Gasteiger partial charge in [0.1, 0.15) is 0 Å². The van der Waals surface area contributed by atoms with Gasteiger partial charge in [0.2, 0.25) is 11.8 Å². The minimum atomic E-state index is -0.359. The predicted molar refractivity (Wildman–Crippen MR) is 79.4 cm³/mol. The van der Waals surface area contributed by atoms with Crippen molar-refractivity contribution in [2.24, 2.45) is 11.7 Å². The highest BCUT2D eigenvalue weighted by molar-refractivity contribution is 6.42. The van der Waals surface area contributed by atoms with Gasteiger partial charge in [-0.15, -0.1) is 0 Å². The van der Waals surface area contributed by atoms with Crippen molar-refractivity contribution >= 4 is 41.1 Å². The molecule has 20 heavy (non-hydrogen) atoms. The van der Waals surface area contributed by atoms with Gasteiger partial charge in [-0.25, -0.2) is 0 Å². The molecule has 1 aliphatic rings. The van der Waals surface area contributed by atoms with Crippen molar-refractivity contribution in [1.82, 2.24) is 4.90 Å². The molecule has 2 rings (SSSR count). The average Bonchev–Trinajstić information content (AvgIpc) is 2.90. The van der Waals surface area contributed by atoms with Gasteiger partial charge in [-0.05, 0) is 24.1 Å². The molecule has 2 amide bonds. The van der Waals surface area contributed by atoms with E-state index in [4.69, 9.17) is 28.9 Å². The molecule has 1 saturated heterocycles. The third-order valence-corrected chi connectivity index (χ3v) is 4.12. The fraction of sp³-hybridized carbons (Fsp3) is 0.286. The van der Waals surface area contributed by atoms with Gasteiger partial charge in [-0.3, -0.25) is 9.59 Å². The molecule has 1 atom stereocenters. The Morgan fingerprint density at radius 2 is 2.10 bits per heavy atom. The lowest BCUT2D eigenvalue weighted by Crippen LogP contribution is -2.30. The maximum Gasteiger partial charge on any atom is 0.246 e. The van der Waals surface area contributed by atoms with E-state index in [0.717, 1.165) is 0 Å². The van der Waals surface area contributed by atoms with Crippen LogP contribution in [-0.2, 0) is 9.59 Å². The van der Waals surface area contributed by atoms with Gasteiger partial charge in [0.25, 0.3) is 0 Å². The van der Waals surface area contributed by atoms with Gasteiger partial charge in [-0.1, -0.05) is 35.3 Å². The van der Waals surface area contributed by atoms with Crippen LogP contribution in [0.2, 0.25) is 10.0 Å². The Labute approximate surface area is 127 Å². The summed E-state index contributed by atoms with van der Waals surface area (Å²) in [6.45, 7) is 0.918. The second kappa shape index (κ2) is 6.29. The second-order valence-electron chi connectivity index (χ2n) is 4.65. The summed E-state index contributed by atoms with van der Waals surface area (Å²) in [5.41, 5.74) is 5.91. The Bertz CT molecular complexity index is 572. The Balaban J connectivity index is 2.03. The molecule has 0 aromatic heterocycles. The molecule has 1 heterocycles. The van der Waals surface area contributed by atoms with Gasteiger partial charge < -0.3 is 10.6 Å². The molecule has 0 radical (unpaired) electrons. The first-order chi connectivity index (χ1) is 9.49. The van der Waals surface area contributed by atoms with Gasteiger partial charge in [0.05, 0.1) is 16.0 Å². The van der Waals surface area contributed by atoms with Crippen molar-refractivity contribution in [2.45, 2.75) is 6.42 Å². The van der Waals surface area contributed by atoms with E-state index in [2.05, 4.69) is 0 Å². The van der Waals surface area contributed by atoms with E-state index < -0.39 is 0 Å². The van der Waals surface area contributed by atoms with Crippen molar-refractivity contribution in [3.05, 3.63) is 39.9 Å². The average molecular weight is 313 g/mol. The van der Waals surface area contributed by atoms with Gasteiger partial charge >= 0.3 is 0 Å². The quantitative estimate of drug-likeness (QED) is 0.871. The SMILES string of the molecule is NC(=O)[C@H]1CCN(C(=O)/C=C\c2cccc(Cl)c2Cl)C1. The number of carbonyl (C=O) groups excluding carboxylic acids is 2. The number of nitrogens with zero attached hydrogens (tertiary/aromatic N) is 1. The lowest BCUT2D eigenvalue weighted by atomic mass is 10.1. The first kappa shape index (κ1) is 14.9. The molecule has 0 saturated carbocycles. The number of primary amides is 1. The molecule has 1 aromatic rings. The van der Waals surface area contributed by atoms with Crippen LogP contribution in [0.5, 0.6) is 0 Å². The maximum absolute atomic E-state index is 12.0. The molecule has 0 aliphatic carbocycles. The van der Waals surface area contributed by atoms with Gasteiger partial charge in [0, 0.05) is 19.2 Å². The lowest BCUT2D eigenvalue weighted by Gasteiger charge is -2.13. The highest BCUT2D eigenvalue weighted by Crippen LogP contribution is 2.26. The first-order valence-electron chi connectivity index (χ1n) is 6.19. The van der Waals surface area contributed by atoms with E-state index >= 15 is 0 Å². The molecule has 1 aromatic carbocycles. The molecule has 4 nitrogen and oxygen atoms in total. The van der Waals surface area contributed by atoms with Gasteiger partial charge in [-0.2, -0.15) is 0 Å². The molecule has 0 bridgehead atoms. The molecule has 106 valence electrons. The summed E-state index contributed by atoms with van der Waals surface area (Å²) < 4.78 is 0. The lowest BCUT2D eigenvalue weighted by molar-refractivity contribution is -0.125. The number of likely N-dealkylation sites (tertiary alicyclic amines) is 1. The van der Waals surface area contributed by atoms with E-state index in [1.807, 2.05) is 0 Å². The van der Waals surface area contributed by atoms with Gasteiger partial charge in [0.15, 0.2) is 0 Å². The fourth-order valence-corrected chi connectivity index (χ4v) is 2.48. The van der Waals surface area contributed by atoms with Crippen molar-refractivity contribution in [3.63, 3.8) is 0 Å². The molecular formula is C14H14Cl2N2O2. The second-order valence-corrected chi connectivity index (χ2v) is 5.43. The third-order valence-electron chi connectivity index (χ3n) is 3.29. The number of carbonyl (C=O) groups is 2. The summed E-state index contributed by atoms with van der Waals surface area (Å²) in [6.07, 6.45) is 3.67. The molecule has 1 fully saturated rings. The summed E-state index contributed by atoms with van der Waals surface area (Å²) >= 11 is 11.9. The zero-order valence-corrected chi connectivity index (χ0v) is 12.2. The standard InChI is InChI=1S/C14H14Cl2N2O2/c15-11-3-1-2-9(13(11)16)4-5-12(19)18-7-6-10(8-18)14(17)20/h1-5,10H,6-8H2,(H2,17,20)/b5-4-/t10-/m0/s1. The van der Waals surface area contributed by atoms with Crippen LogP contribution in [-0.4, -0.2) is 29.8 Å². The minimum absolute atomic E-state index is 0.162. The number of rotatable bonds is 3. The van der Waals surface area contributed by atoms with Crippen LogP contribution in [0.15, 0.2) is 24.3 Å². The van der Waals surface area contributed by atoms with Crippen molar-refractivity contribution in [3.8, 4) is 0 Å². The molecule has 1 aliphatic heterocycles. The molecule has 6 heteroatoms. The maximum atomic E-state index is 12.0. The molecule has 0 spiro atoms. The van der Waals surface area contributed by atoms with Crippen molar-refractivity contribution in [2.75, 3.05) is 13.1 Å². The van der Waals surface area contributed by atoms with E-state index in [1.54, 1.807) is 29.2 Å². The van der Waals surface area contributed by atoms with Crippen LogP contribution in [0, 0.1) is 5.92 Å². The van der Waals surface area contributed by atoms with Crippen LogP contribution in [0.4, 0.5) is 0 Å².